The van der Waals surface area contributed by atoms with E-state index in [0.717, 1.165) is 5.56 Å². The Hall–Kier alpha value is -2.08. The third kappa shape index (κ3) is 4.97. The second kappa shape index (κ2) is 6.75. The van der Waals surface area contributed by atoms with E-state index in [-0.39, 0.29) is 5.56 Å². The first-order valence-electron chi connectivity index (χ1n) is 5.93. The molecule has 0 aliphatic rings. The summed E-state index contributed by atoms with van der Waals surface area (Å²) in [6.45, 7) is 3.01. The van der Waals surface area contributed by atoms with Crippen molar-refractivity contribution in [1.29, 1.82) is 0 Å². The maximum Gasteiger partial charge on any atom is 0.337 e. The van der Waals surface area contributed by atoms with E-state index in [2.05, 4.69) is 10.6 Å². The molecular formula is C13H19N3O3. The zero-order chi connectivity index (χ0) is 14.4. The highest BCUT2D eigenvalue weighted by molar-refractivity contribution is 6.00. The lowest BCUT2D eigenvalue weighted by Gasteiger charge is -2.12. The Bertz CT molecular complexity index is 472. The number of aromatic carboxylic acids is 1. The van der Waals surface area contributed by atoms with Crippen molar-refractivity contribution in [2.24, 2.45) is 0 Å². The molecule has 6 heteroatoms. The number of carboxylic acid groups (broad SMARTS) is 1. The number of amides is 2. The molecule has 1 aromatic carbocycles. The van der Waals surface area contributed by atoms with Gasteiger partial charge in [0.2, 0.25) is 0 Å². The minimum absolute atomic E-state index is 0.0859. The number of carbonyl (C=O) groups is 2. The lowest BCUT2D eigenvalue weighted by Crippen LogP contribution is -2.34. The predicted molar refractivity (Wildman–Crippen MR) is 73.7 cm³/mol. The maximum atomic E-state index is 11.6. The van der Waals surface area contributed by atoms with Crippen molar-refractivity contribution in [3.05, 3.63) is 29.3 Å². The summed E-state index contributed by atoms with van der Waals surface area (Å²) in [6.07, 6.45) is 0. The first-order chi connectivity index (χ1) is 8.90. The molecule has 0 atom stereocenters. The molecule has 0 saturated carbocycles. The van der Waals surface area contributed by atoms with Crippen molar-refractivity contribution in [3.63, 3.8) is 0 Å². The molecular weight excluding hydrogens is 246 g/mol. The van der Waals surface area contributed by atoms with Gasteiger partial charge in [-0.05, 0) is 33.2 Å². The Morgan fingerprint density at radius 3 is 2.58 bits per heavy atom. The van der Waals surface area contributed by atoms with Gasteiger partial charge >= 0.3 is 12.0 Å². The molecule has 6 nitrogen and oxygen atoms in total. The third-order valence-electron chi connectivity index (χ3n) is 2.50. The van der Waals surface area contributed by atoms with Crippen LogP contribution in [0.15, 0.2) is 18.2 Å². The summed E-state index contributed by atoms with van der Waals surface area (Å²) in [7, 11) is 3.81. The number of carbonyl (C=O) groups excluding carboxylic acids is 1. The molecule has 0 aliphatic heterocycles. The summed E-state index contributed by atoms with van der Waals surface area (Å²) in [4.78, 5) is 24.6. The highest BCUT2D eigenvalue weighted by Crippen LogP contribution is 2.17. The molecule has 0 bridgehead atoms. The molecule has 0 spiro atoms. The van der Waals surface area contributed by atoms with Gasteiger partial charge in [-0.3, -0.25) is 0 Å². The second-order valence-corrected chi connectivity index (χ2v) is 4.54. The number of hydrogen-bond donors (Lipinski definition) is 3. The van der Waals surface area contributed by atoms with Crippen LogP contribution in [0.4, 0.5) is 10.5 Å². The summed E-state index contributed by atoms with van der Waals surface area (Å²) >= 11 is 0. The van der Waals surface area contributed by atoms with E-state index >= 15 is 0 Å². The number of benzene rings is 1. The van der Waals surface area contributed by atoms with Gasteiger partial charge in [-0.25, -0.2) is 9.59 Å². The average Bonchev–Trinajstić information content (AvgIpc) is 2.30. The number of anilines is 1. The van der Waals surface area contributed by atoms with Gasteiger partial charge in [0.15, 0.2) is 0 Å². The van der Waals surface area contributed by atoms with Gasteiger partial charge in [0.1, 0.15) is 0 Å². The molecule has 1 aromatic rings. The fraction of sp³-hybridized carbons (Fsp3) is 0.385. The summed E-state index contributed by atoms with van der Waals surface area (Å²) in [5, 5.41) is 14.3. The molecule has 19 heavy (non-hydrogen) atoms. The average molecular weight is 265 g/mol. The van der Waals surface area contributed by atoms with Crippen molar-refractivity contribution < 1.29 is 14.7 Å². The number of hydrogen-bond acceptors (Lipinski definition) is 3. The van der Waals surface area contributed by atoms with Gasteiger partial charge in [0.25, 0.3) is 0 Å². The number of urea groups is 1. The Labute approximate surface area is 112 Å². The molecule has 0 aromatic heterocycles. The summed E-state index contributed by atoms with van der Waals surface area (Å²) < 4.78 is 0. The largest absolute Gasteiger partial charge is 0.478 e. The van der Waals surface area contributed by atoms with Crippen molar-refractivity contribution in [2.45, 2.75) is 6.92 Å². The van der Waals surface area contributed by atoms with E-state index in [4.69, 9.17) is 5.11 Å². The number of nitrogens with one attached hydrogen (secondary N) is 2. The van der Waals surface area contributed by atoms with Crippen molar-refractivity contribution >= 4 is 17.7 Å². The van der Waals surface area contributed by atoms with Gasteiger partial charge in [0, 0.05) is 13.1 Å². The van der Waals surface area contributed by atoms with E-state index in [9.17, 15) is 9.59 Å². The van der Waals surface area contributed by atoms with Gasteiger partial charge in [-0.1, -0.05) is 11.6 Å². The summed E-state index contributed by atoms with van der Waals surface area (Å²) in [5.74, 6) is -1.06. The van der Waals surface area contributed by atoms with E-state index in [1.807, 2.05) is 19.0 Å². The van der Waals surface area contributed by atoms with Crippen LogP contribution in [0.3, 0.4) is 0 Å². The molecule has 0 saturated heterocycles. The van der Waals surface area contributed by atoms with Crippen molar-refractivity contribution in [3.8, 4) is 0 Å². The van der Waals surface area contributed by atoms with Crippen LogP contribution in [-0.2, 0) is 0 Å². The van der Waals surface area contributed by atoms with E-state index in [1.54, 1.807) is 19.1 Å². The molecule has 0 aliphatic carbocycles. The van der Waals surface area contributed by atoms with E-state index in [0.29, 0.717) is 18.8 Å². The highest BCUT2D eigenvalue weighted by Gasteiger charge is 2.12. The van der Waals surface area contributed by atoms with E-state index < -0.39 is 12.0 Å². The van der Waals surface area contributed by atoms with Gasteiger partial charge in [0.05, 0.1) is 11.3 Å². The van der Waals surface area contributed by atoms with Crippen LogP contribution < -0.4 is 10.6 Å². The standard InChI is InChI=1S/C13H19N3O3/c1-9-4-5-11(10(8-9)12(17)18)15-13(19)14-6-7-16(2)3/h4-5,8H,6-7H2,1-3H3,(H,17,18)(H2,14,15,19). The fourth-order valence-corrected chi connectivity index (χ4v) is 1.50. The van der Waals surface area contributed by atoms with Crippen LogP contribution in [0.5, 0.6) is 0 Å². The zero-order valence-corrected chi connectivity index (χ0v) is 11.4. The number of nitrogens with zero attached hydrogens (tertiary/aromatic N) is 1. The smallest absolute Gasteiger partial charge is 0.337 e. The SMILES string of the molecule is Cc1ccc(NC(=O)NCCN(C)C)c(C(=O)O)c1. The minimum atomic E-state index is -1.06. The lowest BCUT2D eigenvalue weighted by atomic mass is 10.1. The molecule has 0 unspecified atom stereocenters. The van der Waals surface area contributed by atoms with Crippen LogP contribution in [0.2, 0.25) is 0 Å². The molecule has 2 amide bonds. The molecule has 3 N–H and O–H groups in total. The molecule has 1 rings (SSSR count). The van der Waals surface area contributed by atoms with Crippen LogP contribution in [0.25, 0.3) is 0 Å². The number of carboxylic acids is 1. The molecule has 0 heterocycles. The van der Waals surface area contributed by atoms with Gasteiger partial charge in [-0.15, -0.1) is 0 Å². The quantitative estimate of drug-likeness (QED) is 0.751. The minimum Gasteiger partial charge on any atom is -0.478 e. The first kappa shape index (κ1) is 15.0. The van der Waals surface area contributed by atoms with Crippen molar-refractivity contribution in [1.82, 2.24) is 10.2 Å². The van der Waals surface area contributed by atoms with Gasteiger partial charge in [-0.2, -0.15) is 0 Å². The predicted octanol–water partition coefficient (Wildman–Crippen LogP) is 1.38. The second-order valence-electron chi connectivity index (χ2n) is 4.54. The molecule has 0 fully saturated rings. The van der Waals surface area contributed by atoms with Crippen LogP contribution >= 0.6 is 0 Å². The van der Waals surface area contributed by atoms with Crippen LogP contribution in [-0.4, -0.2) is 49.2 Å². The molecule has 104 valence electrons. The Balaban J connectivity index is 2.66. The van der Waals surface area contributed by atoms with Crippen LogP contribution in [0, 0.1) is 6.92 Å². The Morgan fingerprint density at radius 1 is 1.32 bits per heavy atom. The van der Waals surface area contributed by atoms with Crippen LogP contribution in [0.1, 0.15) is 15.9 Å². The number of likely N-dealkylation sites (N-methyl/N-ethyl adjacent to an activating group) is 1. The monoisotopic (exact) mass is 265 g/mol. The van der Waals surface area contributed by atoms with E-state index in [1.165, 1.54) is 6.07 Å². The summed E-state index contributed by atoms with van der Waals surface area (Å²) in [5.41, 5.74) is 1.21. The van der Waals surface area contributed by atoms with Crippen molar-refractivity contribution in [2.75, 3.05) is 32.5 Å². The molecule has 0 radical (unpaired) electrons. The zero-order valence-electron chi connectivity index (χ0n) is 11.4. The Kier molecular flexibility index (Phi) is 5.32. The normalized spacial score (nSPS) is 10.3. The highest BCUT2D eigenvalue weighted by atomic mass is 16.4. The maximum absolute atomic E-state index is 11.6. The topological polar surface area (TPSA) is 81.7 Å². The number of rotatable bonds is 5. The van der Waals surface area contributed by atoms with Gasteiger partial charge < -0.3 is 20.6 Å². The Morgan fingerprint density at radius 2 is 2.00 bits per heavy atom. The number of aryl methyl sites for hydroxylation is 1. The first-order valence-corrected chi connectivity index (χ1v) is 5.93. The lowest BCUT2D eigenvalue weighted by molar-refractivity contribution is 0.0698. The third-order valence-corrected chi connectivity index (χ3v) is 2.50. The summed E-state index contributed by atoms with van der Waals surface area (Å²) in [6, 6.07) is 4.46. The fourth-order valence-electron chi connectivity index (χ4n) is 1.50.